The highest BCUT2D eigenvalue weighted by Crippen LogP contribution is 2.16. The van der Waals surface area contributed by atoms with Crippen molar-refractivity contribution < 1.29 is 0 Å². The molecule has 0 aromatic rings. The average molecular weight is 211 g/mol. The number of hydrogen-bond donors (Lipinski definition) is 1. The van der Waals surface area contributed by atoms with Crippen LogP contribution in [0.2, 0.25) is 0 Å². The Balaban J connectivity index is 2.17. The topological polar surface area (TPSA) is 12.0 Å². The Bertz CT molecular complexity index is 119. The summed E-state index contributed by atoms with van der Waals surface area (Å²) in [6.07, 6.45) is 17.4. The molecule has 1 aliphatic rings. The van der Waals surface area contributed by atoms with E-state index in [0.29, 0.717) is 0 Å². The Morgan fingerprint density at radius 1 is 0.600 bits per heavy atom. The predicted molar refractivity (Wildman–Crippen MR) is 68.3 cm³/mol. The summed E-state index contributed by atoms with van der Waals surface area (Å²) in [4.78, 5) is 0. The lowest BCUT2D eigenvalue weighted by atomic mass is 10.0. The van der Waals surface area contributed by atoms with Crippen molar-refractivity contribution in [2.75, 3.05) is 7.05 Å². The predicted octanol–water partition coefficient (Wildman–Crippen LogP) is 4.27. The van der Waals surface area contributed by atoms with E-state index in [-0.39, 0.29) is 0 Å². The second kappa shape index (κ2) is 9.21. The van der Waals surface area contributed by atoms with Gasteiger partial charge in [0.05, 0.1) is 0 Å². The van der Waals surface area contributed by atoms with Crippen LogP contribution < -0.4 is 5.32 Å². The van der Waals surface area contributed by atoms with E-state index in [1.807, 2.05) is 0 Å². The van der Waals surface area contributed by atoms with Crippen molar-refractivity contribution in [1.29, 1.82) is 0 Å². The number of nitrogens with one attached hydrogen (secondary N) is 1. The Kier molecular flexibility index (Phi) is 7.99. The van der Waals surface area contributed by atoms with Gasteiger partial charge in [-0.25, -0.2) is 0 Å². The largest absolute Gasteiger partial charge is 0.317 e. The standard InChI is InChI=1S/C14H29N/c1-15-14-12-10-8-6-4-2-3-5-7-9-11-13-14/h14-15H,2-13H2,1H3. The summed E-state index contributed by atoms with van der Waals surface area (Å²) in [5.41, 5.74) is 0. The molecule has 0 spiro atoms. The fourth-order valence-electron chi connectivity index (χ4n) is 2.63. The molecule has 0 aliphatic heterocycles. The van der Waals surface area contributed by atoms with Crippen molar-refractivity contribution in [3.8, 4) is 0 Å². The van der Waals surface area contributed by atoms with Gasteiger partial charge in [-0.1, -0.05) is 64.2 Å². The fourth-order valence-corrected chi connectivity index (χ4v) is 2.63. The van der Waals surface area contributed by atoms with Crippen LogP contribution in [-0.2, 0) is 0 Å². The zero-order valence-electron chi connectivity index (χ0n) is 10.6. The van der Waals surface area contributed by atoms with Gasteiger partial charge in [-0.3, -0.25) is 0 Å². The summed E-state index contributed by atoms with van der Waals surface area (Å²) in [7, 11) is 2.13. The lowest BCUT2D eigenvalue weighted by molar-refractivity contribution is 0.443. The van der Waals surface area contributed by atoms with Gasteiger partial charge in [-0.2, -0.15) is 0 Å². The number of hydrogen-bond acceptors (Lipinski definition) is 1. The summed E-state index contributed by atoms with van der Waals surface area (Å²) in [5, 5.41) is 3.47. The first-order valence-electron chi connectivity index (χ1n) is 7.11. The number of rotatable bonds is 1. The minimum absolute atomic E-state index is 0.797. The van der Waals surface area contributed by atoms with Crippen LogP contribution >= 0.6 is 0 Å². The van der Waals surface area contributed by atoms with Crippen molar-refractivity contribution >= 4 is 0 Å². The molecule has 0 atom stereocenters. The smallest absolute Gasteiger partial charge is 0.00640 e. The van der Waals surface area contributed by atoms with Crippen LogP contribution in [0.4, 0.5) is 0 Å². The maximum absolute atomic E-state index is 3.47. The van der Waals surface area contributed by atoms with Crippen LogP contribution in [-0.4, -0.2) is 13.1 Å². The summed E-state index contributed by atoms with van der Waals surface area (Å²) in [6, 6.07) is 0.797. The van der Waals surface area contributed by atoms with Gasteiger partial charge in [0.25, 0.3) is 0 Å². The van der Waals surface area contributed by atoms with Crippen molar-refractivity contribution in [2.24, 2.45) is 0 Å². The van der Waals surface area contributed by atoms with Crippen molar-refractivity contribution in [1.82, 2.24) is 5.32 Å². The lowest BCUT2D eigenvalue weighted by Gasteiger charge is -2.15. The molecule has 0 aromatic carbocycles. The molecule has 0 amide bonds. The SMILES string of the molecule is CNC1CCCCCCCCCCCC1. The van der Waals surface area contributed by atoms with Crippen molar-refractivity contribution in [3.05, 3.63) is 0 Å². The highest BCUT2D eigenvalue weighted by atomic mass is 14.9. The highest BCUT2D eigenvalue weighted by Gasteiger charge is 2.05. The summed E-state index contributed by atoms with van der Waals surface area (Å²) < 4.78 is 0. The van der Waals surface area contributed by atoms with Gasteiger partial charge in [-0.05, 0) is 19.9 Å². The molecule has 1 saturated carbocycles. The molecule has 1 N–H and O–H groups in total. The highest BCUT2D eigenvalue weighted by molar-refractivity contribution is 4.65. The van der Waals surface area contributed by atoms with Gasteiger partial charge < -0.3 is 5.32 Å². The fraction of sp³-hybridized carbons (Fsp3) is 1.00. The van der Waals surface area contributed by atoms with Crippen molar-refractivity contribution in [3.63, 3.8) is 0 Å². The minimum Gasteiger partial charge on any atom is -0.317 e. The summed E-state index contributed by atoms with van der Waals surface area (Å²) in [5.74, 6) is 0. The molecule has 15 heavy (non-hydrogen) atoms. The molecule has 1 aliphatic carbocycles. The van der Waals surface area contributed by atoms with Gasteiger partial charge in [0.15, 0.2) is 0 Å². The van der Waals surface area contributed by atoms with Crippen LogP contribution in [0.1, 0.15) is 77.0 Å². The van der Waals surface area contributed by atoms with Crippen LogP contribution in [0.25, 0.3) is 0 Å². The first-order chi connectivity index (χ1) is 7.43. The molecular formula is C14H29N. The maximum Gasteiger partial charge on any atom is 0.00640 e. The minimum atomic E-state index is 0.797. The van der Waals surface area contributed by atoms with E-state index < -0.39 is 0 Å². The van der Waals surface area contributed by atoms with E-state index in [2.05, 4.69) is 12.4 Å². The van der Waals surface area contributed by atoms with Gasteiger partial charge in [0, 0.05) is 6.04 Å². The molecule has 90 valence electrons. The van der Waals surface area contributed by atoms with Crippen LogP contribution in [0.5, 0.6) is 0 Å². The Morgan fingerprint density at radius 2 is 0.933 bits per heavy atom. The zero-order valence-corrected chi connectivity index (χ0v) is 10.6. The second-order valence-electron chi connectivity index (χ2n) is 5.10. The summed E-state index contributed by atoms with van der Waals surface area (Å²) >= 11 is 0. The van der Waals surface area contributed by atoms with E-state index in [4.69, 9.17) is 0 Å². The van der Waals surface area contributed by atoms with E-state index in [1.165, 1.54) is 77.0 Å². The second-order valence-corrected chi connectivity index (χ2v) is 5.10. The third kappa shape index (κ3) is 6.94. The quantitative estimate of drug-likeness (QED) is 0.683. The third-order valence-corrected chi connectivity index (χ3v) is 3.76. The molecule has 0 saturated heterocycles. The normalized spacial score (nSPS) is 23.8. The van der Waals surface area contributed by atoms with E-state index in [0.717, 1.165) is 6.04 Å². The molecule has 0 bridgehead atoms. The van der Waals surface area contributed by atoms with E-state index in [1.54, 1.807) is 0 Å². The molecular weight excluding hydrogens is 182 g/mol. The van der Waals surface area contributed by atoms with E-state index >= 15 is 0 Å². The molecule has 1 rings (SSSR count). The first-order valence-corrected chi connectivity index (χ1v) is 7.11. The monoisotopic (exact) mass is 211 g/mol. The van der Waals surface area contributed by atoms with Gasteiger partial charge in [0.1, 0.15) is 0 Å². The molecule has 0 unspecified atom stereocenters. The maximum atomic E-state index is 3.47. The Labute approximate surface area is 96.0 Å². The molecule has 0 heterocycles. The van der Waals surface area contributed by atoms with E-state index in [9.17, 15) is 0 Å². The van der Waals surface area contributed by atoms with Crippen LogP contribution in [0.3, 0.4) is 0 Å². The Hall–Kier alpha value is -0.0400. The lowest BCUT2D eigenvalue weighted by Crippen LogP contribution is -2.24. The molecule has 1 fully saturated rings. The van der Waals surface area contributed by atoms with Crippen molar-refractivity contribution in [2.45, 2.75) is 83.1 Å². The van der Waals surface area contributed by atoms with Gasteiger partial charge in [-0.15, -0.1) is 0 Å². The Morgan fingerprint density at radius 3 is 1.27 bits per heavy atom. The third-order valence-electron chi connectivity index (χ3n) is 3.76. The average Bonchev–Trinajstić information content (AvgIpc) is 2.29. The van der Waals surface area contributed by atoms with Crippen LogP contribution in [0.15, 0.2) is 0 Å². The van der Waals surface area contributed by atoms with Gasteiger partial charge >= 0.3 is 0 Å². The molecule has 0 aromatic heterocycles. The molecule has 1 heteroatoms. The zero-order chi connectivity index (χ0) is 10.8. The summed E-state index contributed by atoms with van der Waals surface area (Å²) in [6.45, 7) is 0. The first kappa shape index (κ1) is 13.0. The van der Waals surface area contributed by atoms with Gasteiger partial charge in [0.2, 0.25) is 0 Å². The van der Waals surface area contributed by atoms with Crippen LogP contribution in [0, 0.1) is 0 Å². The molecule has 0 radical (unpaired) electrons. The molecule has 1 nitrogen and oxygen atoms in total.